The molecule has 0 aliphatic rings. The van der Waals surface area contributed by atoms with Crippen molar-refractivity contribution in [3.05, 3.63) is 46.4 Å². The zero-order valence-electron chi connectivity index (χ0n) is 9.55. The van der Waals surface area contributed by atoms with Gasteiger partial charge in [0.05, 0.1) is 17.6 Å². The average Bonchev–Trinajstić information content (AvgIpc) is 2.88. The van der Waals surface area contributed by atoms with E-state index in [1.54, 1.807) is 11.3 Å². The summed E-state index contributed by atoms with van der Waals surface area (Å²) in [4.78, 5) is 5.88. The quantitative estimate of drug-likeness (QED) is 0.703. The molecule has 86 valence electrons. The molecule has 2 N–H and O–H groups in total. The van der Waals surface area contributed by atoms with Gasteiger partial charge < -0.3 is 10.3 Å². The summed E-state index contributed by atoms with van der Waals surface area (Å²) in [6.07, 6.45) is 0. The summed E-state index contributed by atoms with van der Waals surface area (Å²) in [5.74, 6) is 1.03. The normalized spacial score (nSPS) is 11.1. The van der Waals surface area contributed by atoms with Crippen LogP contribution in [0.5, 0.6) is 0 Å². The minimum absolute atomic E-state index is 0.762. The summed E-state index contributed by atoms with van der Waals surface area (Å²) in [6.45, 7) is 2.91. The number of hydrogen-bond donors (Lipinski definition) is 1. The molecular weight excluding hydrogens is 230 g/mol. The summed E-state index contributed by atoms with van der Waals surface area (Å²) < 4.78 is 2.22. The number of nitrogens with zero attached hydrogens (tertiary/aromatic N) is 2. The number of thiophene rings is 1. The zero-order valence-corrected chi connectivity index (χ0v) is 10.4. The molecule has 3 rings (SSSR count). The number of hydrogen-bond acceptors (Lipinski definition) is 3. The molecule has 0 aliphatic heterocycles. The van der Waals surface area contributed by atoms with Crippen LogP contribution in [0.4, 0.5) is 5.69 Å². The van der Waals surface area contributed by atoms with Gasteiger partial charge in [-0.2, -0.15) is 0 Å². The lowest BCUT2D eigenvalue weighted by Gasteiger charge is -2.04. The van der Waals surface area contributed by atoms with Gasteiger partial charge in [-0.1, -0.05) is 6.07 Å². The van der Waals surface area contributed by atoms with Crippen molar-refractivity contribution in [1.82, 2.24) is 9.55 Å². The lowest BCUT2D eigenvalue weighted by molar-refractivity contribution is 0.797. The van der Waals surface area contributed by atoms with Crippen LogP contribution in [0.1, 0.15) is 10.7 Å². The van der Waals surface area contributed by atoms with E-state index in [-0.39, 0.29) is 0 Å². The van der Waals surface area contributed by atoms with Gasteiger partial charge >= 0.3 is 0 Å². The van der Waals surface area contributed by atoms with Crippen LogP contribution in [-0.2, 0) is 6.54 Å². The average molecular weight is 243 g/mol. The molecule has 0 fully saturated rings. The molecule has 1 aromatic carbocycles. The molecule has 0 saturated heterocycles. The van der Waals surface area contributed by atoms with Gasteiger partial charge in [0.25, 0.3) is 0 Å². The van der Waals surface area contributed by atoms with E-state index in [9.17, 15) is 0 Å². The maximum atomic E-state index is 5.77. The van der Waals surface area contributed by atoms with E-state index in [0.29, 0.717) is 0 Å². The number of aryl methyl sites for hydroxylation is 1. The van der Waals surface area contributed by atoms with E-state index in [1.165, 1.54) is 4.88 Å². The Morgan fingerprint density at radius 1 is 1.35 bits per heavy atom. The molecule has 0 unspecified atom stereocenters. The Morgan fingerprint density at radius 3 is 3.00 bits per heavy atom. The predicted molar refractivity (Wildman–Crippen MR) is 72.3 cm³/mol. The minimum atomic E-state index is 0.762. The molecule has 2 heterocycles. The van der Waals surface area contributed by atoms with Crippen molar-refractivity contribution < 1.29 is 0 Å². The monoisotopic (exact) mass is 243 g/mol. The Bertz CT molecular complexity index is 653. The summed E-state index contributed by atoms with van der Waals surface area (Å²) in [7, 11) is 0. The van der Waals surface area contributed by atoms with Crippen LogP contribution in [-0.4, -0.2) is 9.55 Å². The molecule has 2 aromatic heterocycles. The fraction of sp³-hybridized carbons (Fsp3) is 0.154. The largest absolute Gasteiger partial charge is 0.399 e. The van der Waals surface area contributed by atoms with Crippen LogP contribution in [0.3, 0.4) is 0 Å². The fourth-order valence-corrected chi connectivity index (χ4v) is 2.72. The minimum Gasteiger partial charge on any atom is -0.399 e. The maximum absolute atomic E-state index is 5.77. The Hall–Kier alpha value is -1.81. The molecular formula is C13H13N3S. The number of rotatable bonds is 2. The molecule has 3 aromatic rings. The van der Waals surface area contributed by atoms with Gasteiger partial charge in [-0.05, 0) is 36.6 Å². The van der Waals surface area contributed by atoms with Crippen molar-refractivity contribution >= 4 is 28.1 Å². The predicted octanol–water partition coefficient (Wildman–Crippen LogP) is 3.04. The third-order valence-corrected chi connectivity index (χ3v) is 3.72. The number of nitrogen functional groups attached to an aromatic ring is 1. The highest BCUT2D eigenvalue weighted by atomic mass is 32.1. The van der Waals surface area contributed by atoms with E-state index >= 15 is 0 Å². The number of anilines is 1. The highest BCUT2D eigenvalue weighted by Crippen LogP contribution is 2.21. The van der Waals surface area contributed by atoms with Gasteiger partial charge in [0.1, 0.15) is 5.82 Å². The SMILES string of the molecule is Cc1nc2cc(N)ccc2n1Cc1cccs1. The second-order valence-corrected chi connectivity index (χ2v) is 5.10. The summed E-state index contributed by atoms with van der Waals surface area (Å²) in [5.41, 5.74) is 8.65. The zero-order chi connectivity index (χ0) is 11.8. The first kappa shape index (κ1) is 10.4. The van der Waals surface area contributed by atoms with Crippen LogP contribution in [0.15, 0.2) is 35.7 Å². The Balaban J connectivity index is 2.12. The second kappa shape index (κ2) is 3.89. The van der Waals surface area contributed by atoms with Crippen LogP contribution in [0, 0.1) is 6.92 Å². The fourth-order valence-electron chi connectivity index (χ4n) is 2.03. The van der Waals surface area contributed by atoms with Gasteiger partial charge in [0.15, 0.2) is 0 Å². The molecule has 0 radical (unpaired) electrons. The second-order valence-electron chi connectivity index (χ2n) is 4.07. The topological polar surface area (TPSA) is 43.8 Å². The van der Waals surface area contributed by atoms with Crippen LogP contribution >= 0.6 is 11.3 Å². The highest BCUT2D eigenvalue weighted by molar-refractivity contribution is 7.09. The third-order valence-electron chi connectivity index (χ3n) is 2.86. The number of aromatic nitrogens is 2. The van der Waals surface area contributed by atoms with E-state index in [4.69, 9.17) is 5.73 Å². The van der Waals surface area contributed by atoms with Gasteiger partial charge in [0.2, 0.25) is 0 Å². The standard InChI is InChI=1S/C13H13N3S/c1-9-15-12-7-10(14)4-5-13(12)16(9)8-11-3-2-6-17-11/h2-7H,8,14H2,1H3. The van der Waals surface area contributed by atoms with Crippen molar-refractivity contribution in [3.8, 4) is 0 Å². The van der Waals surface area contributed by atoms with Crippen molar-refractivity contribution in [1.29, 1.82) is 0 Å². The molecule has 3 nitrogen and oxygen atoms in total. The first-order chi connectivity index (χ1) is 8.24. The molecule has 4 heteroatoms. The third kappa shape index (κ3) is 1.80. The molecule has 0 saturated carbocycles. The first-order valence-corrected chi connectivity index (χ1v) is 6.37. The Morgan fingerprint density at radius 2 is 2.24 bits per heavy atom. The Labute approximate surface area is 104 Å². The van der Waals surface area contributed by atoms with Crippen molar-refractivity contribution in [2.45, 2.75) is 13.5 Å². The molecule has 0 amide bonds. The van der Waals surface area contributed by atoms with Crippen molar-refractivity contribution in [2.75, 3.05) is 5.73 Å². The molecule has 0 spiro atoms. The lowest BCUT2D eigenvalue weighted by atomic mass is 10.3. The van der Waals surface area contributed by atoms with Crippen LogP contribution in [0.25, 0.3) is 11.0 Å². The molecule has 0 bridgehead atoms. The summed E-state index contributed by atoms with van der Waals surface area (Å²) in [6, 6.07) is 10.1. The van der Waals surface area contributed by atoms with E-state index < -0.39 is 0 Å². The van der Waals surface area contributed by atoms with Crippen molar-refractivity contribution in [3.63, 3.8) is 0 Å². The molecule has 0 atom stereocenters. The number of fused-ring (bicyclic) bond motifs is 1. The van der Waals surface area contributed by atoms with Gasteiger partial charge in [0, 0.05) is 10.6 Å². The van der Waals surface area contributed by atoms with Crippen LogP contribution < -0.4 is 5.73 Å². The number of benzene rings is 1. The Kier molecular flexibility index (Phi) is 2.37. The maximum Gasteiger partial charge on any atom is 0.107 e. The van der Waals surface area contributed by atoms with Crippen molar-refractivity contribution in [2.24, 2.45) is 0 Å². The first-order valence-electron chi connectivity index (χ1n) is 5.49. The lowest BCUT2D eigenvalue weighted by Crippen LogP contribution is -2.00. The van der Waals surface area contributed by atoms with Crippen LogP contribution in [0.2, 0.25) is 0 Å². The van der Waals surface area contributed by atoms with Gasteiger partial charge in [-0.3, -0.25) is 0 Å². The molecule has 17 heavy (non-hydrogen) atoms. The van der Waals surface area contributed by atoms with Gasteiger partial charge in [-0.15, -0.1) is 11.3 Å². The number of nitrogens with two attached hydrogens (primary N) is 1. The molecule has 0 aliphatic carbocycles. The summed E-state index contributed by atoms with van der Waals surface area (Å²) >= 11 is 1.77. The van der Waals surface area contributed by atoms with Gasteiger partial charge in [-0.25, -0.2) is 4.98 Å². The smallest absolute Gasteiger partial charge is 0.107 e. The van der Waals surface area contributed by atoms with E-state index in [1.807, 2.05) is 25.1 Å². The number of imidazole rings is 1. The van der Waals surface area contributed by atoms with E-state index in [2.05, 4.69) is 27.1 Å². The summed E-state index contributed by atoms with van der Waals surface area (Å²) in [5, 5.41) is 2.10. The van der Waals surface area contributed by atoms with E-state index in [0.717, 1.165) is 29.1 Å². The highest BCUT2D eigenvalue weighted by Gasteiger charge is 2.08.